The number of rotatable bonds is 9. The van der Waals surface area contributed by atoms with Gasteiger partial charge < -0.3 is 20.3 Å². The quantitative estimate of drug-likeness (QED) is 0.435. The molecule has 1 saturated carbocycles. The van der Waals surface area contributed by atoms with E-state index in [0.717, 1.165) is 53.9 Å². The zero-order chi connectivity index (χ0) is 25.5. The van der Waals surface area contributed by atoms with Gasteiger partial charge in [0.2, 0.25) is 5.95 Å². The van der Waals surface area contributed by atoms with E-state index in [0.29, 0.717) is 36.6 Å². The molecular formula is C29H37N5O2. The Balaban J connectivity index is 1.24. The molecule has 0 bridgehead atoms. The van der Waals surface area contributed by atoms with Gasteiger partial charge in [0, 0.05) is 38.4 Å². The Morgan fingerprint density at radius 2 is 1.72 bits per heavy atom. The van der Waals surface area contributed by atoms with Crippen LogP contribution in [0.5, 0.6) is 5.75 Å². The van der Waals surface area contributed by atoms with E-state index in [2.05, 4.69) is 20.6 Å². The Morgan fingerprint density at radius 1 is 1.03 bits per heavy atom. The third-order valence-corrected chi connectivity index (χ3v) is 6.78. The highest BCUT2D eigenvalue weighted by Crippen LogP contribution is 2.27. The van der Waals surface area contributed by atoms with Crippen molar-refractivity contribution in [2.75, 3.05) is 30.9 Å². The first-order valence-corrected chi connectivity index (χ1v) is 12.7. The largest absolute Gasteiger partial charge is 0.488 e. The zero-order valence-corrected chi connectivity index (χ0v) is 21.8. The fourth-order valence-corrected chi connectivity index (χ4v) is 4.74. The molecule has 190 valence electrons. The number of nitrogens with zero attached hydrogens (tertiary/aromatic N) is 3. The van der Waals surface area contributed by atoms with Gasteiger partial charge in [0.1, 0.15) is 18.2 Å². The zero-order valence-electron chi connectivity index (χ0n) is 21.8. The molecule has 0 atom stereocenters. The molecule has 1 heterocycles. The molecule has 7 nitrogen and oxygen atoms in total. The van der Waals surface area contributed by atoms with Crippen molar-refractivity contribution in [3.63, 3.8) is 0 Å². The predicted octanol–water partition coefficient (Wildman–Crippen LogP) is 5.14. The average molecular weight is 488 g/mol. The maximum absolute atomic E-state index is 12.9. The lowest BCUT2D eigenvalue weighted by atomic mass is 9.86. The maximum Gasteiger partial charge on any atom is 0.251 e. The van der Waals surface area contributed by atoms with E-state index in [4.69, 9.17) is 4.74 Å². The first-order chi connectivity index (χ1) is 17.4. The second kappa shape index (κ2) is 11.9. The number of aromatic nitrogens is 2. The van der Waals surface area contributed by atoms with Crippen molar-refractivity contribution >= 4 is 17.7 Å². The molecule has 1 aromatic heterocycles. The van der Waals surface area contributed by atoms with Crippen LogP contribution in [0.2, 0.25) is 0 Å². The molecule has 3 aromatic rings. The van der Waals surface area contributed by atoms with E-state index < -0.39 is 0 Å². The van der Waals surface area contributed by atoms with Crippen LogP contribution in [0.15, 0.2) is 54.7 Å². The Kier molecular flexibility index (Phi) is 8.41. The highest BCUT2D eigenvalue weighted by atomic mass is 16.5. The summed E-state index contributed by atoms with van der Waals surface area (Å²) in [6.45, 7) is 5.20. The summed E-state index contributed by atoms with van der Waals surface area (Å²) in [6, 6.07) is 16.2. The van der Waals surface area contributed by atoms with Crippen LogP contribution in [0.3, 0.4) is 0 Å². The van der Waals surface area contributed by atoms with Crippen LogP contribution in [0.1, 0.15) is 52.7 Å². The monoisotopic (exact) mass is 487 g/mol. The van der Waals surface area contributed by atoms with E-state index in [1.165, 1.54) is 0 Å². The smallest absolute Gasteiger partial charge is 0.251 e. The van der Waals surface area contributed by atoms with Crippen molar-refractivity contribution < 1.29 is 9.53 Å². The number of carbonyl (C=O) groups is 1. The van der Waals surface area contributed by atoms with Crippen LogP contribution in [-0.4, -0.2) is 42.6 Å². The fourth-order valence-electron chi connectivity index (χ4n) is 4.74. The lowest BCUT2D eigenvalue weighted by molar-refractivity contribution is 0.0943. The van der Waals surface area contributed by atoms with Crippen molar-refractivity contribution in [1.29, 1.82) is 0 Å². The highest BCUT2D eigenvalue weighted by Gasteiger charge is 2.22. The molecule has 4 rings (SSSR count). The normalized spacial score (nSPS) is 17.3. The first kappa shape index (κ1) is 25.5. The first-order valence-electron chi connectivity index (χ1n) is 12.7. The second-order valence-electron chi connectivity index (χ2n) is 9.92. The molecule has 1 amide bonds. The van der Waals surface area contributed by atoms with Gasteiger partial charge in [0.15, 0.2) is 0 Å². The van der Waals surface area contributed by atoms with Gasteiger partial charge in [0.25, 0.3) is 5.91 Å². The van der Waals surface area contributed by atoms with Gasteiger partial charge in [-0.05, 0) is 80.3 Å². The minimum atomic E-state index is -0.0232. The maximum atomic E-state index is 12.9. The second-order valence-corrected chi connectivity index (χ2v) is 9.92. The highest BCUT2D eigenvalue weighted by molar-refractivity contribution is 5.94. The molecule has 1 aliphatic carbocycles. The van der Waals surface area contributed by atoms with E-state index in [1.807, 2.05) is 81.4 Å². The van der Waals surface area contributed by atoms with E-state index >= 15 is 0 Å². The van der Waals surface area contributed by atoms with Crippen LogP contribution >= 0.6 is 0 Å². The molecule has 2 N–H and O–H groups in total. The minimum absolute atomic E-state index is 0.0232. The van der Waals surface area contributed by atoms with Gasteiger partial charge in [-0.1, -0.05) is 30.3 Å². The number of hydrogen-bond acceptors (Lipinski definition) is 6. The van der Waals surface area contributed by atoms with Crippen LogP contribution in [0.25, 0.3) is 0 Å². The van der Waals surface area contributed by atoms with Gasteiger partial charge in [-0.2, -0.15) is 4.98 Å². The van der Waals surface area contributed by atoms with Crippen LogP contribution < -0.4 is 20.3 Å². The topological polar surface area (TPSA) is 79.4 Å². The number of carbonyl (C=O) groups excluding carboxylic acids is 1. The van der Waals surface area contributed by atoms with Gasteiger partial charge in [0.05, 0.1) is 0 Å². The molecule has 0 unspecified atom stereocenters. The number of benzene rings is 2. The Morgan fingerprint density at radius 3 is 2.39 bits per heavy atom. The van der Waals surface area contributed by atoms with E-state index in [1.54, 1.807) is 6.20 Å². The van der Waals surface area contributed by atoms with Crippen LogP contribution in [0, 0.1) is 19.8 Å². The summed E-state index contributed by atoms with van der Waals surface area (Å²) in [5, 5.41) is 6.63. The van der Waals surface area contributed by atoms with Gasteiger partial charge in [-0.15, -0.1) is 0 Å². The van der Waals surface area contributed by atoms with Crippen molar-refractivity contribution in [1.82, 2.24) is 15.3 Å². The molecule has 36 heavy (non-hydrogen) atoms. The molecule has 7 heteroatoms. The molecule has 0 radical (unpaired) electrons. The average Bonchev–Trinajstić information content (AvgIpc) is 2.88. The summed E-state index contributed by atoms with van der Waals surface area (Å²) >= 11 is 0. The van der Waals surface area contributed by atoms with Crippen molar-refractivity contribution in [2.45, 2.75) is 52.2 Å². The Labute approximate surface area is 214 Å². The number of amides is 1. The van der Waals surface area contributed by atoms with Crippen molar-refractivity contribution in [2.24, 2.45) is 5.92 Å². The summed E-state index contributed by atoms with van der Waals surface area (Å²) in [4.78, 5) is 23.8. The van der Waals surface area contributed by atoms with Gasteiger partial charge in [-0.3, -0.25) is 4.79 Å². The van der Waals surface area contributed by atoms with Crippen molar-refractivity contribution in [3.05, 3.63) is 77.0 Å². The van der Waals surface area contributed by atoms with Crippen LogP contribution in [-0.2, 0) is 6.61 Å². The minimum Gasteiger partial charge on any atom is -0.488 e. The predicted molar refractivity (Wildman–Crippen MR) is 145 cm³/mol. The molecule has 0 aliphatic heterocycles. The molecule has 1 aliphatic rings. The summed E-state index contributed by atoms with van der Waals surface area (Å²) in [5.74, 6) is 2.88. The summed E-state index contributed by atoms with van der Waals surface area (Å²) in [6.07, 6.45) is 6.01. The number of nitrogens with one attached hydrogen (secondary N) is 2. The summed E-state index contributed by atoms with van der Waals surface area (Å²) in [7, 11) is 3.95. The Hall–Kier alpha value is -3.61. The summed E-state index contributed by atoms with van der Waals surface area (Å²) in [5.41, 5.74) is 3.76. The number of ether oxygens (including phenoxy) is 1. The summed E-state index contributed by atoms with van der Waals surface area (Å²) < 4.78 is 6.07. The third kappa shape index (κ3) is 6.74. The third-order valence-electron chi connectivity index (χ3n) is 6.78. The Bertz CT molecular complexity index is 1130. The molecule has 0 saturated heterocycles. The van der Waals surface area contributed by atoms with Crippen LogP contribution in [0.4, 0.5) is 11.8 Å². The lowest BCUT2D eigenvalue weighted by Gasteiger charge is -2.29. The molecule has 1 fully saturated rings. The number of aryl methyl sites for hydroxylation is 2. The molecule has 0 spiro atoms. The van der Waals surface area contributed by atoms with E-state index in [9.17, 15) is 4.79 Å². The lowest BCUT2D eigenvalue weighted by Crippen LogP contribution is -2.34. The van der Waals surface area contributed by atoms with E-state index in [-0.39, 0.29) is 5.91 Å². The molecular weight excluding hydrogens is 450 g/mol. The van der Waals surface area contributed by atoms with Crippen molar-refractivity contribution in [3.8, 4) is 5.75 Å². The van der Waals surface area contributed by atoms with Gasteiger partial charge >= 0.3 is 0 Å². The standard InChI is InChI=1S/C29H37N5O2/c1-20-16-24(17-21(2)27(20)36-19-23-8-6-5-7-9-23)28(35)31-18-22-10-12-25(13-11-22)32-29-30-15-14-26(33-29)34(3)4/h5-9,14-17,22,25H,10-13,18-19H2,1-4H3,(H,31,35)(H,30,32,33)/t22-,25+. The fraction of sp³-hybridized carbons (Fsp3) is 0.414. The number of hydrogen-bond donors (Lipinski definition) is 2. The number of anilines is 2. The molecule has 2 aromatic carbocycles. The van der Waals surface area contributed by atoms with Gasteiger partial charge in [-0.25, -0.2) is 4.98 Å². The SMILES string of the molecule is Cc1cc(C(=O)NC[C@H]2CC[C@@H](Nc3nccc(N(C)C)n3)CC2)cc(C)c1OCc1ccccc1.